The number of rotatable bonds is 5. The molecular weight excluding hydrogens is 366 g/mol. The maximum absolute atomic E-state index is 12.5. The summed E-state index contributed by atoms with van der Waals surface area (Å²) < 4.78 is 5.30. The van der Waals surface area contributed by atoms with Gasteiger partial charge in [-0.25, -0.2) is 4.79 Å². The van der Waals surface area contributed by atoms with Crippen molar-refractivity contribution in [1.82, 2.24) is 4.98 Å². The van der Waals surface area contributed by atoms with Crippen LogP contribution < -0.4 is 4.74 Å². The van der Waals surface area contributed by atoms with Crippen LogP contribution in [0.2, 0.25) is 0 Å². The molecule has 0 fully saturated rings. The molecule has 0 radical (unpaired) electrons. The fourth-order valence-electron chi connectivity index (χ4n) is 2.53. The van der Waals surface area contributed by atoms with E-state index in [4.69, 9.17) is 4.74 Å². The largest absolute Gasteiger partial charge is 0.413 e. The van der Waals surface area contributed by atoms with Gasteiger partial charge in [-0.2, -0.15) is 0 Å². The van der Waals surface area contributed by atoms with Crippen LogP contribution in [0.5, 0.6) is 5.75 Å². The SMILES string of the molecule is C/C(=C\c1ccc([N+](=O)[O-])cc1)C(=O)Oc1c([N+](=O)[O-])ccc2cccnc12. The first-order valence-corrected chi connectivity index (χ1v) is 8.04. The average molecular weight is 379 g/mol. The van der Waals surface area contributed by atoms with Crippen molar-refractivity contribution in [2.24, 2.45) is 0 Å². The topological polar surface area (TPSA) is 125 Å². The van der Waals surface area contributed by atoms with Crippen LogP contribution in [0.3, 0.4) is 0 Å². The maximum Gasteiger partial charge on any atom is 0.339 e. The van der Waals surface area contributed by atoms with E-state index >= 15 is 0 Å². The number of ether oxygens (including phenoxy) is 1. The third-order valence-corrected chi connectivity index (χ3v) is 3.91. The number of pyridine rings is 1. The monoisotopic (exact) mass is 379 g/mol. The number of carbonyl (C=O) groups is 1. The van der Waals surface area contributed by atoms with E-state index < -0.39 is 15.8 Å². The van der Waals surface area contributed by atoms with Crippen LogP contribution in [0.1, 0.15) is 12.5 Å². The van der Waals surface area contributed by atoms with Gasteiger partial charge < -0.3 is 4.74 Å². The van der Waals surface area contributed by atoms with Crippen LogP contribution in [0.15, 0.2) is 60.3 Å². The number of non-ortho nitro benzene ring substituents is 1. The van der Waals surface area contributed by atoms with E-state index in [1.165, 1.54) is 55.6 Å². The number of aromatic nitrogens is 1. The Hall–Kier alpha value is -4.14. The number of fused-ring (bicyclic) bond motifs is 1. The lowest BCUT2D eigenvalue weighted by Crippen LogP contribution is -2.11. The highest BCUT2D eigenvalue weighted by atomic mass is 16.6. The van der Waals surface area contributed by atoms with Gasteiger partial charge in [-0.15, -0.1) is 0 Å². The normalized spacial score (nSPS) is 11.2. The first kappa shape index (κ1) is 18.6. The number of hydrogen-bond donors (Lipinski definition) is 0. The van der Waals surface area contributed by atoms with Gasteiger partial charge >= 0.3 is 11.7 Å². The van der Waals surface area contributed by atoms with Gasteiger partial charge in [-0.1, -0.05) is 6.07 Å². The minimum absolute atomic E-state index is 0.0742. The van der Waals surface area contributed by atoms with Crippen molar-refractivity contribution in [3.63, 3.8) is 0 Å². The Morgan fingerprint density at radius 1 is 1.04 bits per heavy atom. The molecule has 0 saturated heterocycles. The maximum atomic E-state index is 12.5. The predicted octanol–water partition coefficient (Wildman–Crippen LogP) is 4.06. The van der Waals surface area contributed by atoms with Crippen molar-refractivity contribution in [2.75, 3.05) is 0 Å². The summed E-state index contributed by atoms with van der Waals surface area (Å²) in [5.41, 5.74) is 0.465. The lowest BCUT2D eigenvalue weighted by molar-refractivity contribution is -0.385. The Labute approximate surface area is 158 Å². The highest BCUT2D eigenvalue weighted by Gasteiger charge is 2.22. The molecule has 0 aliphatic carbocycles. The number of benzene rings is 2. The van der Waals surface area contributed by atoms with E-state index in [0.29, 0.717) is 10.9 Å². The molecular formula is C19H13N3O6. The molecule has 1 aromatic heterocycles. The van der Waals surface area contributed by atoms with Gasteiger partial charge in [0.05, 0.1) is 9.85 Å². The molecule has 0 N–H and O–H groups in total. The molecule has 3 aromatic rings. The Morgan fingerprint density at radius 2 is 1.75 bits per heavy atom. The second kappa shape index (κ2) is 7.62. The number of nitro groups is 2. The minimum Gasteiger partial charge on any atom is -0.413 e. The number of esters is 1. The summed E-state index contributed by atoms with van der Waals surface area (Å²) in [5, 5.41) is 22.6. The molecule has 0 unspecified atom stereocenters. The molecule has 0 bridgehead atoms. The first-order chi connectivity index (χ1) is 13.4. The smallest absolute Gasteiger partial charge is 0.339 e. The van der Waals surface area contributed by atoms with E-state index in [-0.39, 0.29) is 28.2 Å². The van der Waals surface area contributed by atoms with E-state index in [2.05, 4.69) is 4.98 Å². The summed E-state index contributed by atoms with van der Waals surface area (Å²) in [4.78, 5) is 37.4. The van der Waals surface area contributed by atoms with Crippen LogP contribution in [-0.2, 0) is 4.79 Å². The van der Waals surface area contributed by atoms with Gasteiger partial charge in [0, 0.05) is 35.4 Å². The molecule has 3 rings (SSSR count). The molecule has 9 heteroatoms. The van der Waals surface area contributed by atoms with Crippen LogP contribution in [0.25, 0.3) is 17.0 Å². The highest BCUT2D eigenvalue weighted by molar-refractivity contribution is 5.98. The third kappa shape index (κ3) is 3.83. The van der Waals surface area contributed by atoms with Crippen molar-refractivity contribution in [3.8, 4) is 5.75 Å². The van der Waals surface area contributed by atoms with Gasteiger partial charge in [-0.05, 0) is 42.8 Å². The summed E-state index contributed by atoms with van der Waals surface area (Å²) in [6.45, 7) is 1.48. The zero-order chi connectivity index (χ0) is 20.3. The van der Waals surface area contributed by atoms with Gasteiger partial charge in [0.25, 0.3) is 5.69 Å². The molecule has 0 aliphatic rings. The second-order valence-electron chi connectivity index (χ2n) is 5.81. The number of nitrogens with zero attached hydrogens (tertiary/aromatic N) is 3. The van der Waals surface area contributed by atoms with Gasteiger partial charge in [0.1, 0.15) is 5.52 Å². The van der Waals surface area contributed by atoms with Crippen molar-refractivity contribution >= 4 is 34.3 Å². The van der Waals surface area contributed by atoms with Crippen molar-refractivity contribution < 1.29 is 19.4 Å². The van der Waals surface area contributed by atoms with E-state index in [0.717, 1.165) is 0 Å². The van der Waals surface area contributed by atoms with Crippen LogP contribution in [0, 0.1) is 20.2 Å². The second-order valence-corrected chi connectivity index (χ2v) is 5.81. The molecule has 0 aliphatic heterocycles. The lowest BCUT2D eigenvalue weighted by Gasteiger charge is -2.08. The lowest BCUT2D eigenvalue weighted by atomic mass is 10.1. The Balaban J connectivity index is 1.92. The van der Waals surface area contributed by atoms with E-state index in [1.807, 2.05) is 0 Å². The zero-order valence-corrected chi connectivity index (χ0v) is 14.6. The average Bonchev–Trinajstić information content (AvgIpc) is 2.68. The fraction of sp³-hybridized carbons (Fsp3) is 0.0526. The van der Waals surface area contributed by atoms with Gasteiger partial charge in [0.15, 0.2) is 0 Å². The molecule has 0 spiro atoms. The molecule has 0 atom stereocenters. The highest BCUT2D eigenvalue weighted by Crippen LogP contribution is 2.34. The van der Waals surface area contributed by atoms with E-state index in [1.54, 1.807) is 12.1 Å². The predicted molar refractivity (Wildman–Crippen MR) is 101 cm³/mol. The van der Waals surface area contributed by atoms with Crippen molar-refractivity contribution in [3.05, 3.63) is 86.1 Å². The molecule has 2 aromatic carbocycles. The van der Waals surface area contributed by atoms with E-state index in [9.17, 15) is 25.0 Å². The summed E-state index contributed by atoms with van der Waals surface area (Å²) in [7, 11) is 0. The van der Waals surface area contributed by atoms with Crippen LogP contribution >= 0.6 is 0 Å². The summed E-state index contributed by atoms with van der Waals surface area (Å²) >= 11 is 0. The minimum atomic E-state index is -0.792. The molecule has 1 heterocycles. The first-order valence-electron chi connectivity index (χ1n) is 8.04. The molecule has 28 heavy (non-hydrogen) atoms. The standard InChI is InChI=1S/C19H13N3O6/c1-12(11-13-4-7-15(8-5-13)21(24)25)19(23)28-18-16(22(26)27)9-6-14-3-2-10-20-17(14)18/h2-11H,1H3/b12-11+. The van der Waals surface area contributed by atoms with Crippen LogP contribution in [0.4, 0.5) is 11.4 Å². The number of nitro benzene ring substituents is 2. The Morgan fingerprint density at radius 3 is 2.39 bits per heavy atom. The van der Waals surface area contributed by atoms with Crippen molar-refractivity contribution in [1.29, 1.82) is 0 Å². The third-order valence-electron chi connectivity index (χ3n) is 3.91. The number of hydrogen-bond acceptors (Lipinski definition) is 7. The molecule has 0 amide bonds. The summed E-state index contributed by atoms with van der Waals surface area (Å²) in [6, 6.07) is 11.7. The summed E-state index contributed by atoms with van der Waals surface area (Å²) in [6.07, 6.45) is 2.92. The summed E-state index contributed by atoms with van der Waals surface area (Å²) in [5.74, 6) is -1.02. The molecule has 140 valence electrons. The van der Waals surface area contributed by atoms with Crippen LogP contribution in [-0.4, -0.2) is 20.8 Å². The number of carbonyl (C=O) groups excluding carboxylic acids is 1. The molecule has 9 nitrogen and oxygen atoms in total. The van der Waals surface area contributed by atoms with Crippen molar-refractivity contribution in [2.45, 2.75) is 6.92 Å². The fourth-order valence-corrected chi connectivity index (χ4v) is 2.53. The molecule has 0 saturated carbocycles. The van der Waals surface area contributed by atoms with Gasteiger partial charge in [0.2, 0.25) is 5.75 Å². The Bertz CT molecular complexity index is 1120. The quantitative estimate of drug-likeness (QED) is 0.215. The van der Waals surface area contributed by atoms with Gasteiger partial charge in [-0.3, -0.25) is 25.2 Å². The Kier molecular flexibility index (Phi) is 5.07. The zero-order valence-electron chi connectivity index (χ0n) is 14.6.